The number of hydrogen-bond donors (Lipinski definition) is 1. The van der Waals surface area contributed by atoms with Crippen molar-refractivity contribution >= 4 is 17.5 Å². The Hall–Kier alpha value is -3.41. The molecule has 0 aliphatic rings. The largest absolute Gasteiger partial charge is 0.339 e. The minimum absolute atomic E-state index is 0.0242. The molecular formula is C24H28N4O2. The Morgan fingerprint density at radius 2 is 1.63 bits per heavy atom. The molecule has 6 heteroatoms. The van der Waals surface area contributed by atoms with Gasteiger partial charge in [-0.1, -0.05) is 12.1 Å². The van der Waals surface area contributed by atoms with E-state index in [9.17, 15) is 9.59 Å². The molecule has 0 bridgehead atoms. The quantitative estimate of drug-likeness (QED) is 0.639. The first kappa shape index (κ1) is 21.3. The molecule has 0 atom stereocenters. The van der Waals surface area contributed by atoms with Crippen molar-refractivity contribution in [1.82, 2.24) is 14.7 Å². The van der Waals surface area contributed by atoms with Crippen molar-refractivity contribution in [3.63, 3.8) is 0 Å². The second kappa shape index (κ2) is 9.39. The van der Waals surface area contributed by atoms with Gasteiger partial charge in [0.05, 0.1) is 12.2 Å². The van der Waals surface area contributed by atoms with Crippen LogP contribution in [0.4, 0.5) is 5.69 Å². The van der Waals surface area contributed by atoms with Crippen molar-refractivity contribution < 1.29 is 9.59 Å². The number of aryl methyl sites for hydroxylation is 2. The number of carbonyl (C=O) groups is 2. The van der Waals surface area contributed by atoms with Crippen LogP contribution in [0, 0.1) is 13.8 Å². The highest BCUT2D eigenvalue weighted by atomic mass is 16.2. The van der Waals surface area contributed by atoms with Gasteiger partial charge in [0.1, 0.15) is 0 Å². The molecule has 6 nitrogen and oxygen atoms in total. The molecule has 0 saturated heterocycles. The summed E-state index contributed by atoms with van der Waals surface area (Å²) >= 11 is 0. The second-order valence-corrected chi connectivity index (χ2v) is 7.29. The molecule has 30 heavy (non-hydrogen) atoms. The first-order valence-corrected chi connectivity index (χ1v) is 10.2. The second-order valence-electron chi connectivity index (χ2n) is 7.29. The van der Waals surface area contributed by atoms with E-state index >= 15 is 0 Å². The Kier molecular flexibility index (Phi) is 6.67. The molecule has 156 valence electrons. The van der Waals surface area contributed by atoms with Gasteiger partial charge in [0.2, 0.25) is 0 Å². The Bertz CT molecular complexity index is 1030. The van der Waals surface area contributed by atoms with E-state index < -0.39 is 0 Å². The lowest BCUT2D eigenvalue weighted by Crippen LogP contribution is -2.30. The molecular weight excluding hydrogens is 376 g/mol. The molecule has 1 heterocycles. The smallest absolute Gasteiger partial charge is 0.255 e. The summed E-state index contributed by atoms with van der Waals surface area (Å²) in [5, 5.41) is 7.42. The third kappa shape index (κ3) is 4.95. The Morgan fingerprint density at radius 1 is 0.967 bits per heavy atom. The summed E-state index contributed by atoms with van der Waals surface area (Å²) in [5.74, 6) is -0.232. The van der Waals surface area contributed by atoms with E-state index in [1.807, 2.05) is 62.7 Å². The van der Waals surface area contributed by atoms with Crippen LogP contribution < -0.4 is 5.32 Å². The van der Waals surface area contributed by atoms with E-state index in [1.54, 1.807) is 29.2 Å². The van der Waals surface area contributed by atoms with Gasteiger partial charge < -0.3 is 10.2 Å². The van der Waals surface area contributed by atoms with Gasteiger partial charge in [-0.3, -0.25) is 14.3 Å². The van der Waals surface area contributed by atoms with Crippen molar-refractivity contribution in [2.45, 2.75) is 34.2 Å². The van der Waals surface area contributed by atoms with Gasteiger partial charge in [0.15, 0.2) is 0 Å². The van der Waals surface area contributed by atoms with E-state index in [2.05, 4.69) is 10.4 Å². The van der Waals surface area contributed by atoms with Crippen LogP contribution in [0.25, 0.3) is 0 Å². The fraction of sp³-hybridized carbons (Fsp3) is 0.292. The predicted molar refractivity (Wildman–Crippen MR) is 119 cm³/mol. The van der Waals surface area contributed by atoms with Crippen LogP contribution in [0.3, 0.4) is 0 Å². The van der Waals surface area contributed by atoms with Crippen LogP contribution in [-0.2, 0) is 6.54 Å². The van der Waals surface area contributed by atoms with Crippen LogP contribution in [0.1, 0.15) is 51.5 Å². The zero-order chi connectivity index (χ0) is 21.7. The normalized spacial score (nSPS) is 10.7. The fourth-order valence-corrected chi connectivity index (χ4v) is 3.42. The fourth-order valence-electron chi connectivity index (χ4n) is 3.42. The van der Waals surface area contributed by atoms with Crippen molar-refractivity contribution in [2.75, 3.05) is 18.4 Å². The summed E-state index contributed by atoms with van der Waals surface area (Å²) in [6, 6.07) is 16.6. The number of hydrogen-bond acceptors (Lipinski definition) is 3. The lowest BCUT2D eigenvalue weighted by Gasteiger charge is -2.18. The summed E-state index contributed by atoms with van der Waals surface area (Å²) in [7, 11) is 0. The summed E-state index contributed by atoms with van der Waals surface area (Å²) in [5.41, 5.74) is 4.96. The molecule has 0 aliphatic heterocycles. The van der Waals surface area contributed by atoms with E-state index in [-0.39, 0.29) is 11.8 Å². The minimum Gasteiger partial charge on any atom is -0.339 e. The van der Waals surface area contributed by atoms with Crippen molar-refractivity contribution in [3.8, 4) is 0 Å². The van der Waals surface area contributed by atoms with Gasteiger partial charge in [0, 0.05) is 35.6 Å². The number of rotatable bonds is 7. The van der Waals surface area contributed by atoms with E-state index in [0.717, 1.165) is 22.6 Å². The molecule has 0 radical (unpaired) electrons. The average molecular weight is 405 g/mol. The molecule has 0 saturated carbocycles. The first-order chi connectivity index (χ1) is 14.4. The van der Waals surface area contributed by atoms with Crippen LogP contribution in [0.5, 0.6) is 0 Å². The summed E-state index contributed by atoms with van der Waals surface area (Å²) in [6.45, 7) is 9.86. The molecule has 0 aliphatic carbocycles. The monoisotopic (exact) mass is 404 g/mol. The average Bonchev–Trinajstić information content (AvgIpc) is 3.05. The number of carbonyl (C=O) groups excluding carboxylic acids is 2. The molecule has 2 aromatic carbocycles. The van der Waals surface area contributed by atoms with Gasteiger partial charge in [-0.05, 0) is 75.7 Å². The van der Waals surface area contributed by atoms with E-state index in [0.29, 0.717) is 30.8 Å². The predicted octanol–water partition coefficient (Wildman–Crippen LogP) is 4.28. The van der Waals surface area contributed by atoms with Crippen LogP contribution in [0.2, 0.25) is 0 Å². The number of nitrogens with one attached hydrogen (secondary N) is 1. The molecule has 3 aromatic rings. The molecule has 2 amide bonds. The highest BCUT2D eigenvalue weighted by Gasteiger charge is 2.13. The van der Waals surface area contributed by atoms with Gasteiger partial charge >= 0.3 is 0 Å². The zero-order valence-electron chi connectivity index (χ0n) is 18.0. The van der Waals surface area contributed by atoms with Gasteiger partial charge in [-0.2, -0.15) is 5.10 Å². The number of aromatic nitrogens is 2. The Labute approximate surface area is 177 Å². The van der Waals surface area contributed by atoms with Crippen molar-refractivity contribution in [3.05, 3.63) is 82.7 Å². The third-order valence-electron chi connectivity index (χ3n) is 5.07. The molecule has 1 N–H and O–H groups in total. The van der Waals surface area contributed by atoms with Gasteiger partial charge in [-0.25, -0.2) is 0 Å². The number of amides is 2. The van der Waals surface area contributed by atoms with Gasteiger partial charge in [0.25, 0.3) is 11.8 Å². The number of anilines is 1. The van der Waals surface area contributed by atoms with Crippen LogP contribution >= 0.6 is 0 Å². The van der Waals surface area contributed by atoms with Gasteiger partial charge in [-0.15, -0.1) is 0 Å². The number of benzene rings is 2. The maximum atomic E-state index is 12.6. The lowest BCUT2D eigenvalue weighted by molar-refractivity contribution is 0.0772. The number of nitrogens with zero attached hydrogens (tertiary/aromatic N) is 3. The summed E-state index contributed by atoms with van der Waals surface area (Å²) in [4.78, 5) is 26.8. The molecule has 0 fully saturated rings. The SMILES string of the molecule is CCN(CC)C(=O)c1ccc(C(=O)Nc2cccc(Cn3nc(C)cc3C)c2)cc1. The first-order valence-electron chi connectivity index (χ1n) is 10.2. The topological polar surface area (TPSA) is 67.2 Å². The van der Waals surface area contributed by atoms with Crippen LogP contribution in [0.15, 0.2) is 54.6 Å². The highest BCUT2D eigenvalue weighted by molar-refractivity contribution is 6.05. The highest BCUT2D eigenvalue weighted by Crippen LogP contribution is 2.15. The van der Waals surface area contributed by atoms with E-state index in [1.165, 1.54) is 0 Å². The maximum Gasteiger partial charge on any atom is 0.255 e. The summed E-state index contributed by atoms with van der Waals surface area (Å²) < 4.78 is 1.95. The van der Waals surface area contributed by atoms with E-state index in [4.69, 9.17) is 0 Å². The van der Waals surface area contributed by atoms with Crippen LogP contribution in [-0.4, -0.2) is 39.6 Å². The molecule has 1 aromatic heterocycles. The Balaban J connectivity index is 1.68. The minimum atomic E-state index is -0.208. The summed E-state index contributed by atoms with van der Waals surface area (Å²) in [6.07, 6.45) is 0. The zero-order valence-corrected chi connectivity index (χ0v) is 18.0. The third-order valence-corrected chi connectivity index (χ3v) is 5.07. The van der Waals surface area contributed by atoms with Crippen molar-refractivity contribution in [2.24, 2.45) is 0 Å². The van der Waals surface area contributed by atoms with Crippen molar-refractivity contribution in [1.29, 1.82) is 0 Å². The maximum absolute atomic E-state index is 12.6. The Morgan fingerprint density at radius 3 is 2.23 bits per heavy atom. The molecule has 3 rings (SSSR count). The lowest BCUT2D eigenvalue weighted by atomic mass is 10.1. The molecule has 0 unspecified atom stereocenters. The molecule has 0 spiro atoms. The standard InChI is InChI=1S/C24H28N4O2/c1-5-27(6-2)24(30)21-12-10-20(11-13-21)23(29)25-22-9-7-8-19(15-22)16-28-18(4)14-17(3)26-28/h7-15H,5-6,16H2,1-4H3,(H,25,29).